The van der Waals surface area contributed by atoms with E-state index in [1.54, 1.807) is 6.20 Å². The molecule has 1 amide bonds. The van der Waals surface area contributed by atoms with Gasteiger partial charge in [0.15, 0.2) is 0 Å². The Morgan fingerprint density at radius 1 is 0.971 bits per heavy atom. The third kappa shape index (κ3) is 3.63. The van der Waals surface area contributed by atoms with Crippen molar-refractivity contribution in [3.8, 4) is 22.9 Å². The van der Waals surface area contributed by atoms with Gasteiger partial charge in [0.1, 0.15) is 5.82 Å². The average Bonchev–Trinajstić information content (AvgIpc) is 3.37. The summed E-state index contributed by atoms with van der Waals surface area (Å²) in [6, 6.07) is 10.1. The van der Waals surface area contributed by atoms with Gasteiger partial charge in [-0.25, -0.2) is 4.98 Å². The van der Waals surface area contributed by atoms with Crippen LogP contribution in [0.3, 0.4) is 0 Å². The molecule has 3 aromatic rings. The number of aromatic nitrogens is 3. The molecule has 9 bridgehead atoms. The fourth-order valence-electron chi connectivity index (χ4n) is 6.22. The first-order chi connectivity index (χ1) is 17.1. The molecule has 180 valence electrons. The van der Waals surface area contributed by atoms with Crippen molar-refractivity contribution in [1.82, 2.24) is 20.1 Å². The zero-order chi connectivity index (χ0) is 23.6. The van der Waals surface area contributed by atoms with E-state index in [-0.39, 0.29) is 11.3 Å². The lowest BCUT2D eigenvalue weighted by Gasteiger charge is -2.55. The van der Waals surface area contributed by atoms with Gasteiger partial charge in [0.05, 0.1) is 17.2 Å². The number of nitrogens with zero attached hydrogens (tertiary/aromatic N) is 6. The summed E-state index contributed by atoms with van der Waals surface area (Å²) in [4.78, 5) is 24.8. The van der Waals surface area contributed by atoms with Crippen LogP contribution in [0.25, 0.3) is 22.9 Å². The normalized spacial score (nSPS) is 25.6. The zero-order valence-electron chi connectivity index (χ0n) is 19.5. The summed E-state index contributed by atoms with van der Waals surface area (Å²) in [6.45, 7) is 5.31. The van der Waals surface area contributed by atoms with Gasteiger partial charge in [0.25, 0.3) is 0 Å². The van der Waals surface area contributed by atoms with E-state index in [2.05, 4.69) is 57.9 Å². The number of piperidine rings is 2. The monoisotopic (exact) mass is 534 g/mol. The number of pyridine rings is 1. The van der Waals surface area contributed by atoms with Crippen LogP contribution in [0.5, 0.6) is 0 Å². The minimum Gasteiger partial charge on any atom is -0.416 e. The minimum absolute atomic E-state index is 0.0322. The van der Waals surface area contributed by atoms with Crippen LogP contribution in [-0.2, 0) is 4.79 Å². The Morgan fingerprint density at radius 2 is 1.80 bits per heavy atom. The fourth-order valence-corrected chi connectivity index (χ4v) is 6.57. The number of hydrogen-bond acceptors (Lipinski definition) is 7. The van der Waals surface area contributed by atoms with Crippen LogP contribution in [0.2, 0.25) is 0 Å². The number of benzene rings is 1. The second-order valence-electron chi connectivity index (χ2n) is 10.4. The molecule has 1 spiro atoms. The summed E-state index contributed by atoms with van der Waals surface area (Å²) in [5.74, 6) is 2.21. The molecular weight excluding hydrogens is 508 g/mol. The Hall–Kier alpha value is -2.94. The summed E-state index contributed by atoms with van der Waals surface area (Å²) in [7, 11) is 0. The van der Waals surface area contributed by atoms with Gasteiger partial charge in [0, 0.05) is 60.9 Å². The van der Waals surface area contributed by atoms with Gasteiger partial charge in [0.2, 0.25) is 17.7 Å². The van der Waals surface area contributed by atoms with Crippen molar-refractivity contribution in [2.24, 2.45) is 11.3 Å². The maximum absolute atomic E-state index is 13.4. The maximum Gasteiger partial charge on any atom is 0.250 e. The number of hydrogen-bond donors (Lipinski definition) is 0. The molecular formula is C26H27BrN6O2. The van der Waals surface area contributed by atoms with Gasteiger partial charge in [-0.15, -0.1) is 10.2 Å². The SMILES string of the molecule is O=C1C2CCCN(C2)c2cc(ccn2)-c2nnc(o2)-c2ccc(Br)cc2N2CCC3(CC2)CN1C3. The van der Waals surface area contributed by atoms with E-state index in [1.807, 2.05) is 18.2 Å². The predicted molar refractivity (Wildman–Crippen MR) is 136 cm³/mol. The summed E-state index contributed by atoms with van der Waals surface area (Å²) in [5.41, 5.74) is 3.15. The van der Waals surface area contributed by atoms with Crippen molar-refractivity contribution >= 4 is 33.3 Å². The number of carbonyl (C=O) groups excluding carboxylic acids is 1. The largest absolute Gasteiger partial charge is 0.416 e. The molecule has 35 heavy (non-hydrogen) atoms. The number of anilines is 2. The Balaban J connectivity index is 1.31. The van der Waals surface area contributed by atoms with Gasteiger partial charge >= 0.3 is 0 Å². The average molecular weight is 535 g/mol. The molecule has 0 saturated carbocycles. The van der Waals surface area contributed by atoms with Crippen molar-refractivity contribution in [2.75, 3.05) is 49.1 Å². The maximum atomic E-state index is 13.4. The van der Waals surface area contributed by atoms with E-state index in [9.17, 15) is 4.79 Å². The van der Waals surface area contributed by atoms with Gasteiger partial charge in [-0.2, -0.15) is 0 Å². The molecule has 8 nitrogen and oxygen atoms in total. The number of halogens is 1. The molecule has 3 fully saturated rings. The van der Waals surface area contributed by atoms with E-state index < -0.39 is 0 Å². The second kappa shape index (κ2) is 8.05. The van der Waals surface area contributed by atoms with E-state index >= 15 is 0 Å². The molecule has 0 N–H and O–H groups in total. The molecule has 6 aliphatic heterocycles. The molecule has 1 atom stereocenters. The molecule has 2 aromatic heterocycles. The second-order valence-corrected chi connectivity index (χ2v) is 11.4. The van der Waals surface area contributed by atoms with E-state index in [0.717, 1.165) is 85.5 Å². The van der Waals surface area contributed by atoms with Crippen LogP contribution in [0.4, 0.5) is 11.5 Å². The van der Waals surface area contributed by atoms with Crippen LogP contribution >= 0.6 is 15.9 Å². The standard InChI is InChI=1S/C26H27BrN6O2/c27-19-3-4-20-21(13-19)31-10-6-26(7-11-31)15-33(16-26)25(34)18-2-1-9-32(14-18)22-12-17(5-8-28-22)23-29-30-24(20)35-23/h3-5,8,12-13,18H,1-2,6-7,9-11,14-16H2. The molecule has 3 saturated heterocycles. The number of amides is 1. The number of carbonyl (C=O) groups is 1. The third-order valence-corrected chi connectivity index (χ3v) is 8.72. The summed E-state index contributed by atoms with van der Waals surface area (Å²) in [6.07, 6.45) is 5.90. The highest BCUT2D eigenvalue weighted by Gasteiger charge is 2.48. The smallest absolute Gasteiger partial charge is 0.250 e. The van der Waals surface area contributed by atoms with E-state index in [0.29, 0.717) is 24.2 Å². The third-order valence-electron chi connectivity index (χ3n) is 8.23. The van der Waals surface area contributed by atoms with Crippen LogP contribution in [0.1, 0.15) is 25.7 Å². The molecule has 6 aliphatic rings. The molecule has 0 radical (unpaired) electrons. The van der Waals surface area contributed by atoms with Crippen LogP contribution in [0, 0.1) is 11.3 Å². The summed E-state index contributed by atoms with van der Waals surface area (Å²) >= 11 is 3.65. The van der Waals surface area contributed by atoms with Gasteiger partial charge in [-0.3, -0.25) is 4.79 Å². The topological polar surface area (TPSA) is 78.6 Å². The van der Waals surface area contributed by atoms with Crippen LogP contribution in [0.15, 0.2) is 45.4 Å². The highest BCUT2D eigenvalue weighted by Crippen LogP contribution is 2.44. The quantitative estimate of drug-likeness (QED) is 0.427. The number of fused-ring (bicyclic) bond motifs is 1. The summed E-state index contributed by atoms with van der Waals surface area (Å²) < 4.78 is 7.24. The van der Waals surface area contributed by atoms with Crippen molar-refractivity contribution < 1.29 is 9.21 Å². The van der Waals surface area contributed by atoms with Gasteiger partial charge in [-0.05, 0) is 56.0 Å². The first-order valence-electron chi connectivity index (χ1n) is 12.5. The zero-order valence-corrected chi connectivity index (χ0v) is 21.1. The van der Waals surface area contributed by atoms with E-state index in [1.165, 1.54) is 0 Å². The highest BCUT2D eigenvalue weighted by molar-refractivity contribution is 9.10. The van der Waals surface area contributed by atoms with Crippen LogP contribution < -0.4 is 9.80 Å². The van der Waals surface area contributed by atoms with Gasteiger partial charge in [-0.1, -0.05) is 15.9 Å². The minimum atomic E-state index is 0.0322. The van der Waals surface area contributed by atoms with Crippen molar-refractivity contribution in [2.45, 2.75) is 25.7 Å². The Morgan fingerprint density at radius 3 is 2.66 bits per heavy atom. The van der Waals surface area contributed by atoms with Crippen LogP contribution in [-0.4, -0.2) is 65.3 Å². The molecule has 0 aliphatic carbocycles. The van der Waals surface area contributed by atoms with E-state index in [4.69, 9.17) is 4.42 Å². The molecule has 1 aromatic carbocycles. The molecule has 9 rings (SSSR count). The Kier molecular flexibility index (Phi) is 4.91. The fraction of sp³-hybridized carbons (Fsp3) is 0.462. The predicted octanol–water partition coefficient (Wildman–Crippen LogP) is 4.22. The molecule has 9 heteroatoms. The Labute approximate surface area is 212 Å². The first kappa shape index (κ1) is 21.4. The van der Waals surface area contributed by atoms with Crippen molar-refractivity contribution in [1.29, 1.82) is 0 Å². The lowest BCUT2D eigenvalue weighted by Crippen LogP contribution is -2.63. The van der Waals surface area contributed by atoms with Gasteiger partial charge < -0.3 is 19.1 Å². The first-order valence-corrected chi connectivity index (χ1v) is 13.2. The van der Waals surface area contributed by atoms with Crippen molar-refractivity contribution in [3.63, 3.8) is 0 Å². The molecule has 1 unspecified atom stereocenters. The Bertz CT molecular complexity index is 1290. The number of rotatable bonds is 0. The van der Waals surface area contributed by atoms with Crippen molar-refractivity contribution in [3.05, 3.63) is 41.0 Å². The summed E-state index contributed by atoms with van der Waals surface area (Å²) in [5, 5.41) is 8.82. The lowest BCUT2D eigenvalue weighted by molar-refractivity contribution is -0.149. The highest BCUT2D eigenvalue weighted by atomic mass is 79.9. The molecule has 8 heterocycles. The lowest BCUT2D eigenvalue weighted by atomic mass is 9.71.